The number of hydrazine groups is 1. The van der Waals surface area contributed by atoms with Crippen LogP contribution in [0.1, 0.15) is 29.1 Å². The van der Waals surface area contributed by atoms with Crippen LogP contribution in [0.5, 0.6) is 5.75 Å². The molecule has 0 unspecified atom stereocenters. The third-order valence-electron chi connectivity index (χ3n) is 3.76. The minimum Gasteiger partial charge on any atom is -0.483 e. The predicted octanol–water partition coefficient (Wildman–Crippen LogP) is 2.04. The number of aryl methyl sites for hydroxylation is 1. The van der Waals surface area contributed by atoms with Crippen molar-refractivity contribution in [2.24, 2.45) is 5.92 Å². The number of amides is 3. The summed E-state index contributed by atoms with van der Waals surface area (Å²) in [5, 5.41) is 4.47. The molecule has 144 valence electrons. The highest BCUT2D eigenvalue weighted by Crippen LogP contribution is 2.15. The van der Waals surface area contributed by atoms with Gasteiger partial charge in [0.15, 0.2) is 6.61 Å². The molecule has 1 heterocycles. The maximum absolute atomic E-state index is 12.3. The zero-order valence-corrected chi connectivity index (χ0v) is 16.3. The van der Waals surface area contributed by atoms with Gasteiger partial charge in [0.05, 0.1) is 4.88 Å². The van der Waals surface area contributed by atoms with Crippen molar-refractivity contribution < 1.29 is 19.1 Å². The van der Waals surface area contributed by atoms with Crippen LogP contribution in [0.3, 0.4) is 0 Å². The van der Waals surface area contributed by atoms with Gasteiger partial charge >= 0.3 is 0 Å². The standard InChI is InChI=1S/C19H23N3O4S/c1-12(2)17(20-18(24)15-9-6-10-27-15)19(25)22-21-16(23)11-26-14-8-5-4-7-13(14)3/h4-10,12,17H,11H2,1-3H3,(H,20,24)(H,21,23)(H,22,25)/t17-/m0/s1. The number of hydrogen-bond donors (Lipinski definition) is 3. The molecule has 2 rings (SSSR count). The van der Waals surface area contributed by atoms with E-state index < -0.39 is 17.9 Å². The van der Waals surface area contributed by atoms with Gasteiger partial charge in [-0.3, -0.25) is 25.2 Å². The van der Waals surface area contributed by atoms with Gasteiger partial charge in [0, 0.05) is 0 Å². The minimum absolute atomic E-state index is 0.158. The van der Waals surface area contributed by atoms with Gasteiger partial charge < -0.3 is 10.1 Å². The monoisotopic (exact) mass is 389 g/mol. The van der Waals surface area contributed by atoms with Gasteiger partial charge in [0.2, 0.25) is 0 Å². The first-order valence-electron chi connectivity index (χ1n) is 8.50. The third-order valence-corrected chi connectivity index (χ3v) is 4.63. The Hall–Kier alpha value is -2.87. The number of ether oxygens (including phenoxy) is 1. The van der Waals surface area contributed by atoms with Crippen LogP contribution in [0.2, 0.25) is 0 Å². The molecule has 0 aliphatic carbocycles. The second-order valence-electron chi connectivity index (χ2n) is 6.26. The number of rotatable bonds is 7. The molecule has 1 aromatic heterocycles. The second-order valence-corrected chi connectivity index (χ2v) is 7.21. The number of nitrogens with one attached hydrogen (secondary N) is 3. The van der Waals surface area contributed by atoms with Crippen LogP contribution >= 0.6 is 11.3 Å². The molecule has 7 nitrogen and oxygen atoms in total. The summed E-state index contributed by atoms with van der Waals surface area (Å²) >= 11 is 1.29. The van der Waals surface area contributed by atoms with E-state index >= 15 is 0 Å². The first-order chi connectivity index (χ1) is 12.9. The predicted molar refractivity (Wildman–Crippen MR) is 103 cm³/mol. The molecule has 3 amide bonds. The SMILES string of the molecule is Cc1ccccc1OCC(=O)NNC(=O)[C@@H](NC(=O)c1cccs1)C(C)C. The molecule has 0 fully saturated rings. The lowest BCUT2D eigenvalue weighted by Gasteiger charge is -2.21. The summed E-state index contributed by atoms with van der Waals surface area (Å²) in [4.78, 5) is 36.9. The maximum Gasteiger partial charge on any atom is 0.276 e. The largest absolute Gasteiger partial charge is 0.483 e. The van der Waals surface area contributed by atoms with Crippen molar-refractivity contribution in [3.05, 3.63) is 52.2 Å². The highest BCUT2D eigenvalue weighted by Gasteiger charge is 2.25. The van der Waals surface area contributed by atoms with Gasteiger partial charge in [-0.15, -0.1) is 11.3 Å². The van der Waals surface area contributed by atoms with Gasteiger partial charge in [-0.05, 0) is 35.9 Å². The van der Waals surface area contributed by atoms with Crippen LogP contribution in [0.25, 0.3) is 0 Å². The average Bonchev–Trinajstić information content (AvgIpc) is 3.18. The molecule has 27 heavy (non-hydrogen) atoms. The molecule has 3 N–H and O–H groups in total. The second kappa shape index (κ2) is 9.72. The molecule has 1 atom stereocenters. The van der Waals surface area contributed by atoms with E-state index in [1.54, 1.807) is 23.6 Å². The molecule has 0 bridgehead atoms. The molecular formula is C19H23N3O4S. The maximum atomic E-state index is 12.3. The summed E-state index contributed by atoms with van der Waals surface area (Å²) in [7, 11) is 0. The van der Waals surface area contributed by atoms with Crippen molar-refractivity contribution in [3.8, 4) is 5.75 Å². The highest BCUT2D eigenvalue weighted by atomic mass is 32.1. The lowest BCUT2D eigenvalue weighted by molar-refractivity contribution is -0.131. The van der Waals surface area contributed by atoms with E-state index in [1.807, 2.05) is 39.0 Å². The number of hydrogen-bond acceptors (Lipinski definition) is 5. The first kappa shape index (κ1) is 20.4. The number of thiophene rings is 1. The van der Waals surface area contributed by atoms with E-state index in [-0.39, 0.29) is 18.4 Å². The Labute approximate surface area is 162 Å². The number of carbonyl (C=O) groups excluding carboxylic acids is 3. The fourth-order valence-electron chi connectivity index (χ4n) is 2.26. The summed E-state index contributed by atoms with van der Waals surface area (Å²) in [6.07, 6.45) is 0. The van der Waals surface area contributed by atoms with E-state index in [0.29, 0.717) is 10.6 Å². The molecule has 0 saturated heterocycles. The number of benzene rings is 1. The van der Waals surface area contributed by atoms with E-state index in [2.05, 4.69) is 16.2 Å². The fraction of sp³-hybridized carbons (Fsp3) is 0.316. The molecule has 0 aliphatic rings. The summed E-state index contributed by atoms with van der Waals surface area (Å²) in [6, 6.07) is 9.98. The number of carbonyl (C=O) groups is 3. The smallest absolute Gasteiger partial charge is 0.276 e. The Morgan fingerprint density at radius 1 is 1.07 bits per heavy atom. The lowest BCUT2D eigenvalue weighted by atomic mass is 10.0. The Kier molecular flexibility index (Phi) is 7.36. The number of para-hydroxylation sites is 1. The van der Waals surface area contributed by atoms with Crippen LogP contribution in [0, 0.1) is 12.8 Å². The lowest BCUT2D eigenvalue weighted by Crippen LogP contribution is -2.54. The summed E-state index contributed by atoms with van der Waals surface area (Å²) in [5.41, 5.74) is 5.55. The summed E-state index contributed by atoms with van der Waals surface area (Å²) in [6.45, 7) is 5.25. The van der Waals surface area contributed by atoms with E-state index in [0.717, 1.165) is 5.56 Å². The van der Waals surface area contributed by atoms with Crippen molar-refractivity contribution in [1.29, 1.82) is 0 Å². The van der Waals surface area contributed by atoms with Gasteiger partial charge in [0.25, 0.3) is 17.7 Å². The van der Waals surface area contributed by atoms with Crippen molar-refractivity contribution in [1.82, 2.24) is 16.2 Å². The average molecular weight is 389 g/mol. The van der Waals surface area contributed by atoms with Crippen molar-refractivity contribution in [3.63, 3.8) is 0 Å². The van der Waals surface area contributed by atoms with Gasteiger partial charge in [0.1, 0.15) is 11.8 Å². The van der Waals surface area contributed by atoms with Crippen LogP contribution in [0.4, 0.5) is 0 Å². The molecule has 1 aromatic carbocycles. The molecule has 0 saturated carbocycles. The quantitative estimate of drug-likeness (QED) is 0.632. The molecule has 2 aromatic rings. The van der Waals surface area contributed by atoms with Gasteiger partial charge in [-0.25, -0.2) is 0 Å². The van der Waals surface area contributed by atoms with Crippen molar-refractivity contribution in [2.75, 3.05) is 6.61 Å². The van der Waals surface area contributed by atoms with Crippen molar-refractivity contribution >= 4 is 29.1 Å². The summed E-state index contributed by atoms with van der Waals surface area (Å²) < 4.78 is 5.42. The topological polar surface area (TPSA) is 96.5 Å². The third kappa shape index (κ3) is 6.10. The Balaban J connectivity index is 1.83. The molecule has 0 aliphatic heterocycles. The molecular weight excluding hydrogens is 366 g/mol. The molecule has 8 heteroatoms. The minimum atomic E-state index is -0.780. The Bertz CT molecular complexity index is 790. The van der Waals surface area contributed by atoms with Crippen LogP contribution in [-0.4, -0.2) is 30.4 Å². The van der Waals surface area contributed by atoms with Crippen LogP contribution in [-0.2, 0) is 9.59 Å². The van der Waals surface area contributed by atoms with Gasteiger partial charge in [-0.1, -0.05) is 38.1 Å². The summed E-state index contributed by atoms with van der Waals surface area (Å²) in [5.74, 6) is -0.887. The first-order valence-corrected chi connectivity index (χ1v) is 9.38. The fourth-order valence-corrected chi connectivity index (χ4v) is 2.89. The van der Waals surface area contributed by atoms with E-state index in [1.165, 1.54) is 11.3 Å². The normalized spacial score (nSPS) is 11.6. The van der Waals surface area contributed by atoms with Gasteiger partial charge in [-0.2, -0.15) is 0 Å². The zero-order valence-electron chi connectivity index (χ0n) is 15.4. The Morgan fingerprint density at radius 3 is 2.44 bits per heavy atom. The van der Waals surface area contributed by atoms with Crippen LogP contribution < -0.4 is 20.9 Å². The zero-order chi connectivity index (χ0) is 19.8. The highest BCUT2D eigenvalue weighted by molar-refractivity contribution is 7.12. The molecule has 0 spiro atoms. The molecule has 0 radical (unpaired) electrons. The van der Waals surface area contributed by atoms with Crippen LogP contribution in [0.15, 0.2) is 41.8 Å². The van der Waals surface area contributed by atoms with Crippen molar-refractivity contribution in [2.45, 2.75) is 26.8 Å². The van der Waals surface area contributed by atoms with E-state index in [4.69, 9.17) is 4.74 Å². The van der Waals surface area contributed by atoms with E-state index in [9.17, 15) is 14.4 Å². The Morgan fingerprint density at radius 2 is 1.81 bits per heavy atom.